The summed E-state index contributed by atoms with van der Waals surface area (Å²) < 4.78 is 4.81. The first kappa shape index (κ1) is 8.90. The molecule has 1 saturated heterocycles. The Balaban J connectivity index is 3.01. The van der Waals surface area contributed by atoms with E-state index in [9.17, 15) is 9.59 Å². The van der Waals surface area contributed by atoms with E-state index in [0.717, 1.165) is 0 Å². The topological polar surface area (TPSA) is 67.2 Å². The minimum absolute atomic E-state index is 0.0515. The first-order chi connectivity index (χ1) is 5.36. The molecule has 0 amide bonds. The van der Waals surface area contributed by atoms with Crippen LogP contribution in [0.5, 0.6) is 0 Å². The number of carbonyl (C=O) groups excluding carboxylic acids is 2. The normalized spacial score (nSPS) is 27.1. The molecule has 1 fully saturated rings. The Hall–Kier alpha value is -1.19. The molecule has 0 radical (unpaired) electrons. The Morgan fingerprint density at radius 2 is 2.00 bits per heavy atom. The molecule has 1 aliphatic heterocycles. The van der Waals surface area contributed by atoms with Gasteiger partial charge in [0.05, 0.1) is 0 Å². The van der Waals surface area contributed by atoms with E-state index < -0.39 is 17.5 Å². The lowest BCUT2D eigenvalue weighted by Crippen LogP contribution is -2.32. The van der Waals surface area contributed by atoms with E-state index in [1.165, 1.54) is 20.8 Å². The Morgan fingerprint density at radius 1 is 1.50 bits per heavy atom. The van der Waals surface area contributed by atoms with Crippen molar-refractivity contribution >= 4 is 17.5 Å². The zero-order valence-electron chi connectivity index (χ0n) is 7.30. The molecule has 0 aromatic rings. The fourth-order valence-corrected chi connectivity index (χ4v) is 1.19. The predicted molar refractivity (Wildman–Crippen MR) is 42.1 cm³/mol. The van der Waals surface area contributed by atoms with E-state index in [4.69, 9.17) is 10.1 Å². The summed E-state index contributed by atoms with van der Waals surface area (Å²) in [6.07, 6.45) is 0. The van der Waals surface area contributed by atoms with Gasteiger partial charge in [-0.25, -0.2) is 0 Å². The van der Waals surface area contributed by atoms with Gasteiger partial charge in [0, 0.05) is 5.71 Å². The molecular formula is C8H11NO3. The smallest absolute Gasteiger partial charge is 0.323 e. The van der Waals surface area contributed by atoms with Crippen LogP contribution in [0.4, 0.5) is 0 Å². The largest absolute Gasteiger partial charge is 0.451 e. The van der Waals surface area contributed by atoms with Crippen LogP contribution in [0.25, 0.3) is 0 Å². The maximum absolute atomic E-state index is 11.4. The molecule has 1 N–H and O–H groups in total. The minimum Gasteiger partial charge on any atom is -0.451 e. The van der Waals surface area contributed by atoms with Crippen LogP contribution in [0.15, 0.2) is 0 Å². The van der Waals surface area contributed by atoms with Crippen molar-refractivity contribution in [2.24, 2.45) is 5.92 Å². The lowest BCUT2D eigenvalue weighted by molar-refractivity contribution is -0.149. The van der Waals surface area contributed by atoms with E-state index in [2.05, 4.69) is 0 Å². The van der Waals surface area contributed by atoms with Gasteiger partial charge < -0.3 is 10.1 Å². The molecular weight excluding hydrogens is 158 g/mol. The van der Waals surface area contributed by atoms with Gasteiger partial charge in [0.2, 0.25) is 0 Å². The van der Waals surface area contributed by atoms with E-state index >= 15 is 0 Å². The maximum Gasteiger partial charge on any atom is 0.323 e. The number of ether oxygens (including phenoxy) is 1. The molecule has 4 heteroatoms. The molecule has 1 atom stereocenters. The summed E-state index contributed by atoms with van der Waals surface area (Å²) in [6, 6.07) is 0. The first-order valence-corrected chi connectivity index (χ1v) is 3.68. The zero-order valence-corrected chi connectivity index (χ0v) is 7.30. The molecule has 1 rings (SSSR count). The molecule has 0 spiro atoms. The number of nitrogens with one attached hydrogen (secondary N) is 1. The molecule has 0 aliphatic carbocycles. The van der Waals surface area contributed by atoms with Crippen molar-refractivity contribution in [3.8, 4) is 0 Å². The summed E-state index contributed by atoms with van der Waals surface area (Å²) in [5, 5.41) is 7.21. The van der Waals surface area contributed by atoms with Crippen molar-refractivity contribution in [3.05, 3.63) is 0 Å². The summed E-state index contributed by atoms with van der Waals surface area (Å²) in [6.45, 7) is 4.51. The number of ketones is 1. The second-order valence-electron chi connectivity index (χ2n) is 3.41. The van der Waals surface area contributed by atoms with Gasteiger partial charge in [-0.3, -0.25) is 9.59 Å². The van der Waals surface area contributed by atoms with Crippen LogP contribution in [-0.2, 0) is 14.3 Å². The number of cyclic esters (lactones) is 1. The molecule has 1 heterocycles. The zero-order chi connectivity index (χ0) is 9.52. The van der Waals surface area contributed by atoms with Crippen LogP contribution < -0.4 is 0 Å². The van der Waals surface area contributed by atoms with E-state index in [-0.39, 0.29) is 11.5 Å². The van der Waals surface area contributed by atoms with Crippen LogP contribution in [0.3, 0.4) is 0 Å². The fourth-order valence-electron chi connectivity index (χ4n) is 1.19. The van der Waals surface area contributed by atoms with E-state index in [0.29, 0.717) is 0 Å². The van der Waals surface area contributed by atoms with Gasteiger partial charge in [-0.15, -0.1) is 0 Å². The highest BCUT2D eigenvalue weighted by molar-refractivity contribution is 6.23. The molecule has 0 aromatic heterocycles. The third-order valence-corrected chi connectivity index (χ3v) is 1.88. The predicted octanol–water partition coefficient (Wildman–Crippen LogP) is 0.547. The number of hydrogen-bond donors (Lipinski definition) is 1. The second-order valence-corrected chi connectivity index (χ2v) is 3.41. The highest BCUT2D eigenvalue weighted by atomic mass is 16.6. The van der Waals surface area contributed by atoms with Crippen LogP contribution in [-0.4, -0.2) is 23.1 Å². The number of esters is 1. The van der Waals surface area contributed by atoms with Crippen molar-refractivity contribution in [1.29, 1.82) is 5.41 Å². The van der Waals surface area contributed by atoms with E-state index in [1.54, 1.807) is 0 Å². The maximum atomic E-state index is 11.4. The van der Waals surface area contributed by atoms with Crippen LogP contribution in [0.2, 0.25) is 0 Å². The Bertz CT molecular complexity index is 267. The van der Waals surface area contributed by atoms with Gasteiger partial charge in [-0.05, 0) is 20.8 Å². The van der Waals surface area contributed by atoms with Crippen molar-refractivity contribution in [1.82, 2.24) is 0 Å². The Labute approximate surface area is 70.4 Å². The van der Waals surface area contributed by atoms with Gasteiger partial charge in [0.1, 0.15) is 0 Å². The number of rotatable bonds is 1. The lowest BCUT2D eigenvalue weighted by atomic mass is 9.93. The number of carbonyl (C=O) groups is 2. The fraction of sp³-hybridized carbons (Fsp3) is 0.625. The summed E-state index contributed by atoms with van der Waals surface area (Å²) >= 11 is 0. The summed E-state index contributed by atoms with van der Waals surface area (Å²) in [4.78, 5) is 22.5. The van der Waals surface area contributed by atoms with Gasteiger partial charge in [0.25, 0.3) is 0 Å². The molecule has 66 valence electrons. The van der Waals surface area contributed by atoms with Gasteiger partial charge in [-0.2, -0.15) is 0 Å². The third-order valence-electron chi connectivity index (χ3n) is 1.88. The van der Waals surface area contributed by atoms with Gasteiger partial charge in [-0.1, -0.05) is 0 Å². The number of Topliss-reactive ketones (excluding diaryl/α,β-unsaturated/α-hetero) is 1. The van der Waals surface area contributed by atoms with Crippen molar-refractivity contribution in [2.45, 2.75) is 26.4 Å². The monoisotopic (exact) mass is 169 g/mol. The van der Waals surface area contributed by atoms with Crippen LogP contribution in [0, 0.1) is 11.3 Å². The summed E-state index contributed by atoms with van der Waals surface area (Å²) in [5.41, 5.74) is -1.00. The van der Waals surface area contributed by atoms with E-state index in [1.807, 2.05) is 0 Å². The number of hydrogen-bond acceptors (Lipinski definition) is 4. The van der Waals surface area contributed by atoms with Crippen molar-refractivity contribution in [3.63, 3.8) is 0 Å². The average molecular weight is 169 g/mol. The molecule has 1 unspecified atom stereocenters. The Morgan fingerprint density at radius 3 is 2.17 bits per heavy atom. The van der Waals surface area contributed by atoms with Crippen LogP contribution in [0.1, 0.15) is 20.8 Å². The molecule has 0 saturated carbocycles. The summed E-state index contributed by atoms with van der Waals surface area (Å²) in [7, 11) is 0. The SMILES string of the molecule is CC(=N)C1C(=O)OC(C)(C)C1=O. The minimum atomic E-state index is -1.05. The quantitative estimate of drug-likeness (QED) is 0.354. The first-order valence-electron chi connectivity index (χ1n) is 3.68. The molecule has 0 aromatic carbocycles. The molecule has 0 bridgehead atoms. The van der Waals surface area contributed by atoms with Crippen LogP contribution >= 0.6 is 0 Å². The third kappa shape index (κ3) is 1.13. The van der Waals surface area contributed by atoms with Gasteiger partial charge >= 0.3 is 5.97 Å². The van der Waals surface area contributed by atoms with Gasteiger partial charge in [0.15, 0.2) is 17.3 Å². The molecule has 1 aliphatic rings. The Kier molecular flexibility index (Phi) is 1.78. The summed E-state index contributed by atoms with van der Waals surface area (Å²) in [5.74, 6) is -1.89. The average Bonchev–Trinajstić information content (AvgIpc) is 2.02. The van der Waals surface area contributed by atoms with Crippen molar-refractivity contribution in [2.75, 3.05) is 0 Å². The lowest BCUT2D eigenvalue weighted by Gasteiger charge is -2.12. The molecule has 4 nitrogen and oxygen atoms in total. The highest BCUT2D eigenvalue weighted by Gasteiger charge is 2.49. The molecule has 12 heavy (non-hydrogen) atoms. The standard InChI is InChI=1S/C8H11NO3/c1-4(9)5-6(10)8(2,3)12-7(5)11/h5,9H,1-3H3. The second kappa shape index (κ2) is 2.40. The highest BCUT2D eigenvalue weighted by Crippen LogP contribution is 2.27. The van der Waals surface area contributed by atoms with Crippen molar-refractivity contribution < 1.29 is 14.3 Å².